The second-order valence-electron chi connectivity index (χ2n) is 6.84. The van der Waals surface area contributed by atoms with Crippen LogP contribution in [0.2, 0.25) is 0 Å². The second-order valence-corrected chi connectivity index (χ2v) is 9.49. The predicted octanol–water partition coefficient (Wildman–Crippen LogP) is 4.98. The predicted molar refractivity (Wildman–Crippen MR) is 119 cm³/mol. The molecule has 0 atom stereocenters. The molecule has 0 bridgehead atoms. The summed E-state index contributed by atoms with van der Waals surface area (Å²) >= 11 is 1.45. The zero-order chi connectivity index (χ0) is 21.8. The first-order valence-electron chi connectivity index (χ1n) is 9.41. The lowest BCUT2D eigenvalue weighted by Crippen LogP contribution is -2.11. The Bertz CT molecular complexity index is 1270. The Morgan fingerprint density at radius 2 is 1.52 bits per heavy atom. The van der Waals surface area contributed by atoms with Crippen LogP contribution in [0.25, 0.3) is 21.7 Å². The molecule has 0 saturated heterocycles. The molecule has 0 saturated carbocycles. The average Bonchev–Trinajstić information content (AvgIpc) is 3.19. The number of hydrogen-bond donors (Lipinski definition) is 1. The third-order valence-corrected chi connectivity index (χ3v) is 6.58. The second kappa shape index (κ2) is 9.07. The lowest BCUT2D eigenvalue weighted by molar-refractivity contribution is 0.107. The number of aromatic nitrogens is 1. The van der Waals surface area contributed by atoms with E-state index in [4.69, 9.17) is 14.9 Å². The molecule has 4 rings (SSSR count). The molecule has 0 aliphatic rings. The lowest BCUT2D eigenvalue weighted by atomic mass is 10.1. The van der Waals surface area contributed by atoms with Crippen molar-refractivity contribution in [3.63, 3.8) is 0 Å². The normalized spacial score (nSPS) is 11.5. The maximum Gasteiger partial charge on any atom is 0.238 e. The zero-order valence-corrected chi connectivity index (χ0v) is 18.0. The van der Waals surface area contributed by atoms with Gasteiger partial charge in [0.2, 0.25) is 10.0 Å². The summed E-state index contributed by atoms with van der Waals surface area (Å²) in [6.45, 7) is 0.785. The van der Waals surface area contributed by atoms with Gasteiger partial charge in [-0.15, -0.1) is 11.3 Å². The van der Waals surface area contributed by atoms with E-state index in [0.717, 1.165) is 26.6 Å². The van der Waals surface area contributed by atoms with Crippen LogP contribution in [-0.2, 0) is 28.0 Å². The number of primary sulfonamides is 1. The number of benzene rings is 3. The number of rotatable bonds is 7. The summed E-state index contributed by atoms with van der Waals surface area (Å²) in [5, 5.41) is 5.96. The first-order valence-corrected chi connectivity index (χ1v) is 11.8. The van der Waals surface area contributed by atoms with Crippen molar-refractivity contribution in [3.05, 3.63) is 95.3 Å². The van der Waals surface area contributed by atoms with Crippen LogP contribution in [-0.4, -0.2) is 13.4 Å². The van der Waals surface area contributed by atoms with Crippen LogP contribution in [0.15, 0.2) is 83.8 Å². The van der Waals surface area contributed by atoms with E-state index in [1.54, 1.807) is 24.3 Å². The molecule has 8 heteroatoms. The summed E-state index contributed by atoms with van der Waals surface area (Å²) in [6.07, 6.45) is 0. The van der Waals surface area contributed by atoms with Crippen LogP contribution < -0.4 is 5.14 Å². The van der Waals surface area contributed by atoms with E-state index >= 15 is 0 Å². The minimum Gasteiger partial charge on any atom is -0.370 e. The minimum atomic E-state index is -3.78. The standard InChI is InChI=1S/C23H19FN2O3S2/c24-19-10-6-17(7-11-19)22-23(18-8-12-20(13-9-18)31(25,27)28)30-21(26-22)15-29-14-16-4-2-1-3-5-16/h1-13H,14-15H2,(H2,25,27,28). The third-order valence-electron chi connectivity index (χ3n) is 4.57. The number of nitrogens with zero attached hydrogens (tertiary/aromatic N) is 1. The molecule has 1 heterocycles. The maximum absolute atomic E-state index is 13.4. The molecule has 1 aromatic heterocycles. The van der Waals surface area contributed by atoms with E-state index in [1.807, 2.05) is 30.3 Å². The first-order chi connectivity index (χ1) is 14.9. The van der Waals surface area contributed by atoms with E-state index in [9.17, 15) is 12.8 Å². The number of thiazole rings is 1. The Morgan fingerprint density at radius 1 is 0.871 bits per heavy atom. The molecule has 0 spiro atoms. The SMILES string of the molecule is NS(=O)(=O)c1ccc(-c2sc(COCc3ccccc3)nc2-c2ccc(F)cc2)cc1. The average molecular weight is 455 g/mol. The molecule has 0 fully saturated rings. The van der Waals surface area contributed by atoms with Crippen molar-refractivity contribution in [2.24, 2.45) is 5.14 Å². The molecule has 4 aromatic rings. The van der Waals surface area contributed by atoms with Gasteiger partial charge in [-0.1, -0.05) is 42.5 Å². The summed E-state index contributed by atoms with van der Waals surface area (Å²) in [5.74, 6) is -0.329. The van der Waals surface area contributed by atoms with Crippen LogP contribution in [0.5, 0.6) is 0 Å². The number of halogens is 1. The highest BCUT2D eigenvalue weighted by atomic mass is 32.2. The Hall–Kier alpha value is -2.91. The fraction of sp³-hybridized carbons (Fsp3) is 0.0870. The van der Waals surface area contributed by atoms with Gasteiger partial charge in [0.25, 0.3) is 0 Å². The molecule has 5 nitrogen and oxygen atoms in total. The first kappa shape index (κ1) is 21.3. The Morgan fingerprint density at radius 3 is 2.16 bits per heavy atom. The molecule has 0 unspecified atom stereocenters. The topological polar surface area (TPSA) is 82.3 Å². The van der Waals surface area contributed by atoms with Crippen LogP contribution >= 0.6 is 11.3 Å². The summed E-state index contributed by atoms with van der Waals surface area (Å²) in [6, 6.07) is 22.3. The highest BCUT2D eigenvalue weighted by molar-refractivity contribution is 7.89. The smallest absolute Gasteiger partial charge is 0.238 e. The Balaban J connectivity index is 1.64. The number of hydrogen-bond acceptors (Lipinski definition) is 5. The Kier molecular flexibility index (Phi) is 6.24. The van der Waals surface area contributed by atoms with Crippen molar-refractivity contribution in [2.45, 2.75) is 18.1 Å². The summed E-state index contributed by atoms with van der Waals surface area (Å²) in [7, 11) is -3.78. The number of sulfonamides is 1. The highest BCUT2D eigenvalue weighted by Gasteiger charge is 2.16. The van der Waals surface area contributed by atoms with Crippen LogP contribution in [0.3, 0.4) is 0 Å². The van der Waals surface area contributed by atoms with Gasteiger partial charge in [-0.3, -0.25) is 0 Å². The molecular formula is C23H19FN2O3S2. The molecule has 0 aliphatic carbocycles. The van der Waals surface area contributed by atoms with Gasteiger partial charge in [0.1, 0.15) is 10.8 Å². The molecular weight excluding hydrogens is 435 g/mol. The molecule has 2 N–H and O–H groups in total. The lowest BCUT2D eigenvalue weighted by Gasteiger charge is -2.04. The number of nitrogens with two attached hydrogens (primary N) is 1. The fourth-order valence-corrected chi connectivity index (χ4v) is 4.60. The van der Waals surface area contributed by atoms with Gasteiger partial charge in [-0.2, -0.15) is 0 Å². The van der Waals surface area contributed by atoms with Crippen molar-refractivity contribution in [2.75, 3.05) is 0 Å². The molecule has 3 aromatic carbocycles. The van der Waals surface area contributed by atoms with Gasteiger partial charge in [0.15, 0.2) is 0 Å². The zero-order valence-electron chi connectivity index (χ0n) is 16.4. The maximum atomic E-state index is 13.4. The van der Waals surface area contributed by atoms with Gasteiger partial charge in [0.05, 0.1) is 28.7 Å². The van der Waals surface area contributed by atoms with Crippen molar-refractivity contribution in [1.29, 1.82) is 0 Å². The molecule has 31 heavy (non-hydrogen) atoms. The van der Waals surface area contributed by atoms with E-state index in [-0.39, 0.29) is 10.7 Å². The third kappa shape index (κ3) is 5.23. The molecule has 0 amide bonds. The van der Waals surface area contributed by atoms with Crippen molar-refractivity contribution in [1.82, 2.24) is 4.98 Å². The van der Waals surface area contributed by atoms with Gasteiger partial charge in [-0.05, 0) is 47.5 Å². The highest BCUT2D eigenvalue weighted by Crippen LogP contribution is 2.37. The summed E-state index contributed by atoms with van der Waals surface area (Å²) in [5.41, 5.74) is 3.30. The van der Waals surface area contributed by atoms with E-state index in [0.29, 0.717) is 18.9 Å². The summed E-state index contributed by atoms with van der Waals surface area (Å²) in [4.78, 5) is 5.59. The van der Waals surface area contributed by atoms with Gasteiger partial charge in [-0.25, -0.2) is 22.9 Å². The van der Waals surface area contributed by atoms with Gasteiger partial charge < -0.3 is 4.74 Å². The molecule has 0 aliphatic heterocycles. The molecule has 0 radical (unpaired) electrons. The van der Waals surface area contributed by atoms with Gasteiger partial charge in [0, 0.05) is 5.56 Å². The van der Waals surface area contributed by atoms with E-state index in [1.165, 1.54) is 35.6 Å². The Labute approximate surface area is 184 Å². The monoisotopic (exact) mass is 454 g/mol. The fourth-order valence-electron chi connectivity index (χ4n) is 3.05. The van der Waals surface area contributed by atoms with E-state index in [2.05, 4.69) is 0 Å². The minimum absolute atomic E-state index is 0.0375. The van der Waals surface area contributed by atoms with Crippen LogP contribution in [0.1, 0.15) is 10.6 Å². The number of ether oxygens (including phenoxy) is 1. The quantitative estimate of drug-likeness (QED) is 0.427. The van der Waals surface area contributed by atoms with Crippen LogP contribution in [0, 0.1) is 5.82 Å². The molecule has 158 valence electrons. The van der Waals surface area contributed by atoms with Crippen molar-refractivity contribution < 1.29 is 17.5 Å². The van der Waals surface area contributed by atoms with Gasteiger partial charge >= 0.3 is 0 Å². The van der Waals surface area contributed by atoms with E-state index < -0.39 is 10.0 Å². The largest absolute Gasteiger partial charge is 0.370 e. The van der Waals surface area contributed by atoms with Crippen molar-refractivity contribution in [3.8, 4) is 21.7 Å². The van der Waals surface area contributed by atoms with Crippen LogP contribution in [0.4, 0.5) is 4.39 Å². The summed E-state index contributed by atoms with van der Waals surface area (Å²) < 4.78 is 42.3. The van der Waals surface area contributed by atoms with Crippen molar-refractivity contribution >= 4 is 21.4 Å².